The Morgan fingerprint density at radius 1 is 0.950 bits per heavy atom. The summed E-state index contributed by atoms with van der Waals surface area (Å²) >= 11 is 0. The molecule has 0 aliphatic rings. The Balaban J connectivity index is 2.11. The zero-order valence-corrected chi connectivity index (χ0v) is 12.4. The lowest BCUT2D eigenvalue weighted by Crippen LogP contribution is -2.13. The zero-order valence-electron chi connectivity index (χ0n) is 12.4. The summed E-state index contributed by atoms with van der Waals surface area (Å²) in [7, 11) is 5.87. The minimum atomic E-state index is 0.758. The molecule has 0 aliphatic heterocycles. The molecule has 2 aromatic rings. The van der Waals surface area contributed by atoms with Gasteiger partial charge in [-0.15, -0.1) is 0 Å². The first kappa shape index (κ1) is 14.4. The van der Waals surface area contributed by atoms with Gasteiger partial charge in [-0.2, -0.15) is 0 Å². The van der Waals surface area contributed by atoms with E-state index in [1.165, 1.54) is 11.3 Å². The maximum atomic E-state index is 5.38. The fourth-order valence-electron chi connectivity index (χ4n) is 2.21. The number of rotatable bonds is 6. The second kappa shape index (κ2) is 6.96. The van der Waals surface area contributed by atoms with Crippen molar-refractivity contribution in [3.8, 4) is 5.75 Å². The van der Waals surface area contributed by atoms with E-state index in [1.54, 1.807) is 7.11 Å². The highest BCUT2D eigenvalue weighted by atomic mass is 16.5. The molecular weight excluding hydrogens is 248 g/mol. The van der Waals surface area contributed by atoms with Crippen molar-refractivity contribution >= 4 is 5.69 Å². The van der Waals surface area contributed by atoms with Crippen LogP contribution in [0.5, 0.6) is 5.75 Å². The van der Waals surface area contributed by atoms with Gasteiger partial charge in [0.25, 0.3) is 0 Å². The summed E-state index contributed by atoms with van der Waals surface area (Å²) in [5.41, 5.74) is 3.63. The predicted molar refractivity (Wildman–Crippen MR) is 84.2 cm³/mol. The smallest absolute Gasteiger partial charge is 0.123 e. The second-order valence-electron chi connectivity index (χ2n) is 5.06. The monoisotopic (exact) mass is 270 g/mol. The summed E-state index contributed by atoms with van der Waals surface area (Å²) in [6.07, 6.45) is 0. The van der Waals surface area contributed by atoms with Crippen LogP contribution in [0.4, 0.5) is 5.69 Å². The average Bonchev–Trinajstić information content (AvgIpc) is 2.46. The Kier molecular flexibility index (Phi) is 5.02. The lowest BCUT2D eigenvalue weighted by molar-refractivity contribution is 0.403. The van der Waals surface area contributed by atoms with E-state index in [0.717, 1.165) is 24.4 Å². The molecule has 0 amide bonds. The van der Waals surface area contributed by atoms with Crippen molar-refractivity contribution < 1.29 is 4.74 Å². The van der Waals surface area contributed by atoms with Gasteiger partial charge in [0.1, 0.15) is 5.75 Å². The molecule has 0 atom stereocenters. The van der Waals surface area contributed by atoms with Gasteiger partial charge in [-0.3, -0.25) is 0 Å². The summed E-state index contributed by atoms with van der Waals surface area (Å²) in [5.74, 6) is 0.921. The molecule has 0 radical (unpaired) electrons. The number of para-hydroxylation sites is 2. The van der Waals surface area contributed by atoms with Gasteiger partial charge in [0.05, 0.1) is 7.11 Å². The molecule has 106 valence electrons. The first-order chi connectivity index (χ1) is 9.70. The van der Waals surface area contributed by atoms with Crippen LogP contribution in [0.15, 0.2) is 48.5 Å². The van der Waals surface area contributed by atoms with Crippen LogP contribution in [0.1, 0.15) is 11.1 Å². The van der Waals surface area contributed by atoms with Gasteiger partial charge in [0.15, 0.2) is 0 Å². The summed E-state index contributed by atoms with van der Waals surface area (Å²) in [6.45, 7) is 1.68. The topological polar surface area (TPSA) is 24.5 Å². The average molecular weight is 270 g/mol. The van der Waals surface area contributed by atoms with E-state index < -0.39 is 0 Å². The van der Waals surface area contributed by atoms with Crippen molar-refractivity contribution in [1.82, 2.24) is 4.90 Å². The standard InChI is InChI=1S/C17H22N2O/c1-19(2)13-15-9-4-6-10-16(15)18-12-14-8-5-7-11-17(14)20-3/h4-11,18H,12-13H2,1-3H3. The van der Waals surface area contributed by atoms with E-state index in [4.69, 9.17) is 4.74 Å². The Labute approximate surface area is 121 Å². The van der Waals surface area contributed by atoms with E-state index in [-0.39, 0.29) is 0 Å². The van der Waals surface area contributed by atoms with E-state index in [9.17, 15) is 0 Å². The number of hydrogen-bond acceptors (Lipinski definition) is 3. The fourth-order valence-corrected chi connectivity index (χ4v) is 2.21. The Bertz CT molecular complexity index is 552. The third-order valence-electron chi connectivity index (χ3n) is 3.17. The van der Waals surface area contributed by atoms with Crippen molar-refractivity contribution in [3.05, 3.63) is 59.7 Å². The number of anilines is 1. The quantitative estimate of drug-likeness (QED) is 0.871. The lowest BCUT2D eigenvalue weighted by atomic mass is 10.1. The van der Waals surface area contributed by atoms with Gasteiger partial charge < -0.3 is 15.0 Å². The summed E-state index contributed by atoms with van der Waals surface area (Å²) in [6, 6.07) is 16.5. The molecule has 3 heteroatoms. The largest absolute Gasteiger partial charge is 0.496 e. The van der Waals surface area contributed by atoms with Crippen LogP contribution < -0.4 is 10.1 Å². The number of ether oxygens (including phenoxy) is 1. The number of nitrogens with one attached hydrogen (secondary N) is 1. The molecule has 3 nitrogen and oxygen atoms in total. The molecule has 0 unspecified atom stereocenters. The summed E-state index contributed by atoms with van der Waals surface area (Å²) in [5, 5.41) is 3.50. The van der Waals surface area contributed by atoms with Crippen LogP contribution in [0, 0.1) is 0 Å². The Morgan fingerprint density at radius 3 is 2.30 bits per heavy atom. The number of hydrogen-bond donors (Lipinski definition) is 1. The molecule has 0 heterocycles. The third kappa shape index (κ3) is 3.75. The Morgan fingerprint density at radius 2 is 1.60 bits per heavy atom. The van der Waals surface area contributed by atoms with Crippen molar-refractivity contribution in [2.75, 3.05) is 26.5 Å². The van der Waals surface area contributed by atoms with E-state index >= 15 is 0 Å². The molecule has 0 saturated heterocycles. The van der Waals surface area contributed by atoms with Crippen LogP contribution in [0.25, 0.3) is 0 Å². The highest BCUT2D eigenvalue weighted by Crippen LogP contribution is 2.21. The van der Waals surface area contributed by atoms with Gasteiger partial charge in [-0.1, -0.05) is 36.4 Å². The molecule has 0 aromatic heterocycles. The molecule has 0 bridgehead atoms. The van der Waals surface area contributed by atoms with Gasteiger partial charge in [0, 0.05) is 24.3 Å². The molecule has 0 aliphatic carbocycles. The highest BCUT2D eigenvalue weighted by molar-refractivity contribution is 5.52. The molecule has 1 N–H and O–H groups in total. The third-order valence-corrected chi connectivity index (χ3v) is 3.17. The van der Waals surface area contributed by atoms with E-state index in [1.807, 2.05) is 18.2 Å². The van der Waals surface area contributed by atoms with Gasteiger partial charge in [-0.05, 0) is 31.8 Å². The van der Waals surface area contributed by atoms with E-state index in [2.05, 4.69) is 54.6 Å². The normalized spacial score (nSPS) is 10.6. The molecule has 0 fully saturated rings. The second-order valence-corrected chi connectivity index (χ2v) is 5.06. The minimum Gasteiger partial charge on any atom is -0.496 e. The van der Waals surface area contributed by atoms with Crippen LogP contribution >= 0.6 is 0 Å². The summed E-state index contributed by atoms with van der Waals surface area (Å²) < 4.78 is 5.38. The van der Waals surface area contributed by atoms with Crippen molar-refractivity contribution in [2.24, 2.45) is 0 Å². The molecular formula is C17H22N2O. The van der Waals surface area contributed by atoms with E-state index in [0.29, 0.717) is 0 Å². The van der Waals surface area contributed by atoms with Crippen LogP contribution in [-0.2, 0) is 13.1 Å². The van der Waals surface area contributed by atoms with Crippen molar-refractivity contribution in [3.63, 3.8) is 0 Å². The molecule has 2 aromatic carbocycles. The number of nitrogens with zero attached hydrogens (tertiary/aromatic N) is 1. The summed E-state index contributed by atoms with van der Waals surface area (Å²) in [4.78, 5) is 2.17. The zero-order chi connectivity index (χ0) is 14.4. The molecule has 0 spiro atoms. The van der Waals surface area contributed by atoms with Gasteiger partial charge in [0.2, 0.25) is 0 Å². The lowest BCUT2D eigenvalue weighted by Gasteiger charge is -2.16. The van der Waals surface area contributed by atoms with Gasteiger partial charge >= 0.3 is 0 Å². The highest BCUT2D eigenvalue weighted by Gasteiger charge is 2.05. The molecule has 20 heavy (non-hydrogen) atoms. The maximum absolute atomic E-state index is 5.38. The number of methoxy groups -OCH3 is 1. The molecule has 0 saturated carbocycles. The first-order valence-corrected chi connectivity index (χ1v) is 6.79. The fraction of sp³-hybridized carbons (Fsp3) is 0.294. The first-order valence-electron chi connectivity index (χ1n) is 6.79. The maximum Gasteiger partial charge on any atom is 0.123 e. The van der Waals surface area contributed by atoms with Crippen LogP contribution in [0.3, 0.4) is 0 Å². The van der Waals surface area contributed by atoms with Crippen LogP contribution in [0.2, 0.25) is 0 Å². The Hall–Kier alpha value is -2.00. The van der Waals surface area contributed by atoms with Crippen LogP contribution in [-0.4, -0.2) is 26.1 Å². The SMILES string of the molecule is COc1ccccc1CNc1ccccc1CN(C)C. The van der Waals surface area contributed by atoms with Crippen molar-refractivity contribution in [2.45, 2.75) is 13.1 Å². The minimum absolute atomic E-state index is 0.758. The number of benzene rings is 2. The van der Waals surface area contributed by atoms with Crippen molar-refractivity contribution in [1.29, 1.82) is 0 Å². The molecule has 2 rings (SSSR count). The predicted octanol–water partition coefficient (Wildman–Crippen LogP) is 3.37. The van der Waals surface area contributed by atoms with Gasteiger partial charge in [-0.25, -0.2) is 0 Å².